The fourth-order valence-corrected chi connectivity index (χ4v) is 1.42. The summed E-state index contributed by atoms with van der Waals surface area (Å²) in [6.07, 6.45) is 0.518. The lowest BCUT2D eigenvalue weighted by molar-refractivity contribution is 0.0518. The minimum absolute atomic E-state index is 0.0543. The third-order valence-corrected chi connectivity index (χ3v) is 2.88. The standard InChI is InChI=1S/C12H15ClFNO2/c1-3-12(2,17)7-15-11(16)9-5-4-8(14)6-10(9)13/h4-6,17H,3,7H2,1-2H3,(H,15,16). The molecule has 0 aliphatic rings. The lowest BCUT2D eigenvalue weighted by Crippen LogP contribution is -2.40. The maximum Gasteiger partial charge on any atom is 0.252 e. The van der Waals surface area contributed by atoms with Crippen LogP contribution < -0.4 is 5.32 Å². The van der Waals surface area contributed by atoms with Crippen LogP contribution in [0.25, 0.3) is 0 Å². The highest BCUT2D eigenvalue weighted by Crippen LogP contribution is 2.17. The molecule has 0 aromatic heterocycles. The monoisotopic (exact) mass is 259 g/mol. The van der Waals surface area contributed by atoms with Gasteiger partial charge in [0.25, 0.3) is 5.91 Å². The van der Waals surface area contributed by atoms with Crippen LogP contribution in [0.5, 0.6) is 0 Å². The molecule has 0 radical (unpaired) electrons. The van der Waals surface area contributed by atoms with E-state index < -0.39 is 17.3 Å². The van der Waals surface area contributed by atoms with E-state index in [0.717, 1.165) is 6.07 Å². The minimum atomic E-state index is -0.956. The molecule has 0 saturated heterocycles. The van der Waals surface area contributed by atoms with Crippen LogP contribution in [0, 0.1) is 5.82 Å². The summed E-state index contributed by atoms with van der Waals surface area (Å²) in [7, 11) is 0. The molecule has 5 heteroatoms. The lowest BCUT2D eigenvalue weighted by atomic mass is 10.0. The van der Waals surface area contributed by atoms with Crippen molar-refractivity contribution in [2.24, 2.45) is 0 Å². The van der Waals surface area contributed by atoms with Crippen molar-refractivity contribution in [3.63, 3.8) is 0 Å². The number of nitrogens with one attached hydrogen (secondary N) is 1. The van der Waals surface area contributed by atoms with Gasteiger partial charge in [0.1, 0.15) is 5.82 Å². The smallest absolute Gasteiger partial charge is 0.252 e. The van der Waals surface area contributed by atoms with Gasteiger partial charge in [-0.15, -0.1) is 0 Å². The van der Waals surface area contributed by atoms with Crippen molar-refractivity contribution in [1.29, 1.82) is 0 Å². The molecule has 94 valence electrons. The maximum absolute atomic E-state index is 12.8. The first-order valence-corrected chi connectivity index (χ1v) is 5.69. The maximum atomic E-state index is 12.8. The van der Waals surface area contributed by atoms with Crippen molar-refractivity contribution in [3.8, 4) is 0 Å². The van der Waals surface area contributed by atoms with E-state index in [9.17, 15) is 14.3 Å². The zero-order chi connectivity index (χ0) is 13.1. The van der Waals surface area contributed by atoms with Crippen molar-refractivity contribution in [1.82, 2.24) is 5.32 Å². The van der Waals surface area contributed by atoms with Crippen LogP contribution in [0.3, 0.4) is 0 Å². The summed E-state index contributed by atoms with van der Waals surface area (Å²) < 4.78 is 12.8. The molecule has 1 aromatic carbocycles. The van der Waals surface area contributed by atoms with Crippen LogP contribution >= 0.6 is 11.6 Å². The summed E-state index contributed by atoms with van der Waals surface area (Å²) in [6.45, 7) is 3.56. The summed E-state index contributed by atoms with van der Waals surface area (Å²) in [5.41, 5.74) is -0.762. The molecule has 0 saturated carbocycles. The Morgan fingerprint density at radius 1 is 1.59 bits per heavy atom. The first-order chi connectivity index (χ1) is 7.85. The predicted molar refractivity (Wildman–Crippen MR) is 64.7 cm³/mol. The van der Waals surface area contributed by atoms with Gasteiger partial charge in [0.05, 0.1) is 16.2 Å². The Morgan fingerprint density at radius 2 is 2.24 bits per heavy atom. The van der Waals surface area contributed by atoms with E-state index in [4.69, 9.17) is 11.6 Å². The molecule has 3 nitrogen and oxygen atoms in total. The second kappa shape index (κ2) is 5.47. The number of halogens is 2. The summed E-state index contributed by atoms with van der Waals surface area (Å²) in [5, 5.41) is 12.3. The molecule has 0 heterocycles. The van der Waals surface area contributed by atoms with E-state index in [1.54, 1.807) is 6.92 Å². The highest BCUT2D eigenvalue weighted by molar-refractivity contribution is 6.33. The topological polar surface area (TPSA) is 49.3 Å². The molecule has 0 aliphatic heterocycles. The molecule has 1 atom stereocenters. The number of hydrogen-bond acceptors (Lipinski definition) is 2. The molecule has 0 bridgehead atoms. The van der Waals surface area contributed by atoms with Gasteiger partial charge in [0, 0.05) is 6.54 Å². The normalized spacial score (nSPS) is 14.2. The first kappa shape index (κ1) is 13.9. The Bertz CT molecular complexity index is 421. The molecule has 0 fully saturated rings. The number of carbonyl (C=O) groups is 1. The first-order valence-electron chi connectivity index (χ1n) is 5.31. The Labute approximate surface area is 105 Å². The Morgan fingerprint density at radius 3 is 2.76 bits per heavy atom. The fraction of sp³-hybridized carbons (Fsp3) is 0.417. The molecule has 1 aromatic rings. The Kier molecular flexibility index (Phi) is 4.48. The van der Waals surface area contributed by atoms with E-state index in [-0.39, 0.29) is 17.1 Å². The van der Waals surface area contributed by atoms with Crippen LogP contribution in [0.4, 0.5) is 4.39 Å². The summed E-state index contributed by atoms with van der Waals surface area (Å²) >= 11 is 5.74. The average molecular weight is 260 g/mol. The third-order valence-electron chi connectivity index (χ3n) is 2.57. The number of aliphatic hydroxyl groups is 1. The van der Waals surface area contributed by atoms with Crippen LogP contribution in [0.15, 0.2) is 18.2 Å². The molecular formula is C12H15ClFNO2. The summed E-state index contributed by atoms with van der Waals surface area (Å²) in [5.74, 6) is -0.921. The molecule has 1 unspecified atom stereocenters. The van der Waals surface area contributed by atoms with Gasteiger partial charge in [-0.1, -0.05) is 18.5 Å². The number of carbonyl (C=O) groups excluding carboxylic acids is 1. The largest absolute Gasteiger partial charge is 0.388 e. The highest BCUT2D eigenvalue weighted by Gasteiger charge is 2.19. The van der Waals surface area contributed by atoms with Crippen LogP contribution in [-0.2, 0) is 0 Å². The number of hydrogen-bond donors (Lipinski definition) is 2. The number of rotatable bonds is 4. The predicted octanol–water partition coefficient (Wildman–Crippen LogP) is 2.37. The van der Waals surface area contributed by atoms with Crippen molar-refractivity contribution in [2.45, 2.75) is 25.9 Å². The van der Waals surface area contributed by atoms with Gasteiger partial charge in [-0.25, -0.2) is 4.39 Å². The van der Waals surface area contributed by atoms with Crippen LogP contribution in [0.2, 0.25) is 5.02 Å². The molecule has 0 spiro atoms. The summed E-state index contributed by atoms with van der Waals surface area (Å²) in [4.78, 5) is 11.7. The van der Waals surface area contributed by atoms with E-state index in [1.165, 1.54) is 12.1 Å². The quantitative estimate of drug-likeness (QED) is 0.872. The van der Waals surface area contributed by atoms with Gasteiger partial charge < -0.3 is 10.4 Å². The van der Waals surface area contributed by atoms with Gasteiger partial charge in [-0.2, -0.15) is 0 Å². The Hall–Kier alpha value is -1.13. The summed E-state index contributed by atoms with van der Waals surface area (Å²) in [6, 6.07) is 3.56. The number of amides is 1. The molecule has 0 aliphatic carbocycles. The highest BCUT2D eigenvalue weighted by atomic mass is 35.5. The van der Waals surface area contributed by atoms with Crippen LogP contribution in [0.1, 0.15) is 30.6 Å². The molecule has 17 heavy (non-hydrogen) atoms. The van der Waals surface area contributed by atoms with Crippen molar-refractivity contribution in [2.75, 3.05) is 6.54 Å². The van der Waals surface area contributed by atoms with Crippen molar-refractivity contribution >= 4 is 17.5 Å². The molecule has 1 amide bonds. The van der Waals surface area contributed by atoms with Gasteiger partial charge in [-0.3, -0.25) is 4.79 Å². The van der Waals surface area contributed by atoms with Gasteiger partial charge in [0.2, 0.25) is 0 Å². The van der Waals surface area contributed by atoms with Gasteiger partial charge >= 0.3 is 0 Å². The minimum Gasteiger partial charge on any atom is -0.388 e. The Balaban J connectivity index is 2.71. The average Bonchev–Trinajstić information content (AvgIpc) is 2.26. The zero-order valence-electron chi connectivity index (χ0n) is 9.76. The van der Waals surface area contributed by atoms with Gasteiger partial charge in [-0.05, 0) is 31.5 Å². The molecule has 1 rings (SSSR count). The SMILES string of the molecule is CCC(C)(O)CNC(=O)c1ccc(F)cc1Cl. The molecular weight excluding hydrogens is 245 g/mol. The molecule has 2 N–H and O–H groups in total. The van der Waals surface area contributed by atoms with E-state index in [2.05, 4.69) is 5.32 Å². The van der Waals surface area contributed by atoms with E-state index >= 15 is 0 Å². The zero-order valence-corrected chi connectivity index (χ0v) is 10.5. The van der Waals surface area contributed by atoms with Crippen molar-refractivity contribution in [3.05, 3.63) is 34.6 Å². The second-order valence-electron chi connectivity index (χ2n) is 4.16. The van der Waals surface area contributed by atoms with Gasteiger partial charge in [0.15, 0.2) is 0 Å². The second-order valence-corrected chi connectivity index (χ2v) is 4.56. The third kappa shape index (κ3) is 3.98. The fourth-order valence-electron chi connectivity index (χ4n) is 1.16. The van der Waals surface area contributed by atoms with Crippen LogP contribution in [-0.4, -0.2) is 23.2 Å². The lowest BCUT2D eigenvalue weighted by Gasteiger charge is -2.21. The van der Waals surface area contributed by atoms with E-state index in [0.29, 0.717) is 6.42 Å². The number of benzene rings is 1. The van der Waals surface area contributed by atoms with Crippen molar-refractivity contribution < 1.29 is 14.3 Å². The van der Waals surface area contributed by atoms with E-state index in [1.807, 2.05) is 6.92 Å².